The van der Waals surface area contributed by atoms with Crippen molar-refractivity contribution in [3.8, 4) is 5.75 Å². The number of carbonyl (C=O) groups is 2. The van der Waals surface area contributed by atoms with Crippen molar-refractivity contribution in [3.05, 3.63) is 29.8 Å². The summed E-state index contributed by atoms with van der Waals surface area (Å²) in [4.78, 5) is 23.7. The lowest BCUT2D eigenvalue weighted by Gasteiger charge is -2.35. The molecule has 0 spiro atoms. The summed E-state index contributed by atoms with van der Waals surface area (Å²) in [6.07, 6.45) is -0.969. The SMILES string of the molecule is COc1ccc(C(=O)C2CN(C(=O)O)C2)cc1. The Hall–Kier alpha value is -2.04. The van der Waals surface area contributed by atoms with Crippen LogP contribution in [0.2, 0.25) is 0 Å². The molecule has 0 bridgehead atoms. The first-order chi connectivity index (χ1) is 8.11. The quantitative estimate of drug-likeness (QED) is 0.806. The molecule has 0 atom stereocenters. The van der Waals surface area contributed by atoms with Crippen molar-refractivity contribution in [2.75, 3.05) is 20.2 Å². The molecule has 0 saturated carbocycles. The van der Waals surface area contributed by atoms with Crippen molar-refractivity contribution >= 4 is 11.9 Å². The van der Waals surface area contributed by atoms with E-state index in [1.54, 1.807) is 31.4 Å². The van der Waals surface area contributed by atoms with E-state index in [4.69, 9.17) is 9.84 Å². The van der Waals surface area contributed by atoms with Gasteiger partial charge in [0, 0.05) is 18.7 Å². The van der Waals surface area contributed by atoms with Crippen molar-refractivity contribution in [2.24, 2.45) is 5.92 Å². The lowest BCUT2D eigenvalue weighted by atomic mass is 9.91. The Morgan fingerprint density at radius 3 is 2.35 bits per heavy atom. The van der Waals surface area contributed by atoms with E-state index in [1.165, 1.54) is 4.90 Å². The van der Waals surface area contributed by atoms with E-state index in [9.17, 15) is 9.59 Å². The number of carboxylic acid groups (broad SMARTS) is 1. The first kappa shape index (κ1) is 11.4. The summed E-state index contributed by atoms with van der Waals surface area (Å²) < 4.78 is 5.00. The van der Waals surface area contributed by atoms with Gasteiger partial charge in [-0.3, -0.25) is 4.79 Å². The number of Topliss-reactive ketones (excluding diaryl/α,β-unsaturated/α-hetero) is 1. The van der Waals surface area contributed by atoms with Gasteiger partial charge in [-0.05, 0) is 24.3 Å². The number of likely N-dealkylation sites (tertiary alicyclic amines) is 1. The number of benzene rings is 1. The fourth-order valence-electron chi connectivity index (χ4n) is 1.79. The standard InChI is InChI=1S/C12H13NO4/c1-17-10-4-2-8(3-5-10)11(14)9-6-13(7-9)12(15)16/h2-5,9H,6-7H2,1H3,(H,15,16). The molecule has 0 unspecified atom stereocenters. The first-order valence-corrected chi connectivity index (χ1v) is 5.28. The van der Waals surface area contributed by atoms with E-state index in [0.29, 0.717) is 24.4 Å². The number of rotatable bonds is 3. The van der Waals surface area contributed by atoms with E-state index in [-0.39, 0.29) is 11.7 Å². The summed E-state index contributed by atoms with van der Waals surface area (Å²) in [5.41, 5.74) is 0.598. The van der Waals surface area contributed by atoms with E-state index in [1.807, 2.05) is 0 Å². The van der Waals surface area contributed by atoms with Crippen LogP contribution in [0.3, 0.4) is 0 Å². The number of ketones is 1. The summed E-state index contributed by atoms with van der Waals surface area (Å²) in [6, 6.07) is 6.84. The van der Waals surface area contributed by atoms with Gasteiger partial charge in [-0.25, -0.2) is 4.79 Å². The normalized spacial score (nSPS) is 15.2. The Bertz CT molecular complexity index is 434. The maximum atomic E-state index is 11.9. The highest BCUT2D eigenvalue weighted by atomic mass is 16.5. The van der Waals surface area contributed by atoms with Gasteiger partial charge in [0.1, 0.15) is 5.75 Å². The molecular formula is C12H13NO4. The number of hydrogen-bond acceptors (Lipinski definition) is 3. The van der Waals surface area contributed by atoms with Gasteiger partial charge in [0.25, 0.3) is 0 Å². The molecule has 1 aromatic rings. The molecule has 5 heteroatoms. The van der Waals surface area contributed by atoms with Crippen LogP contribution in [0.25, 0.3) is 0 Å². The van der Waals surface area contributed by atoms with Gasteiger partial charge in [0.15, 0.2) is 5.78 Å². The maximum Gasteiger partial charge on any atom is 0.407 e. The zero-order valence-electron chi connectivity index (χ0n) is 9.42. The van der Waals surface area contributed by atoms with Crippen molar-refractivity contribution in [3.63, 3.8) is 0 Å². The maximum absolute atomic E-state index is 11.9. The summed E-state index contributed by atoms with van der Waals surface area (Å²) in [7, 11) is 1.56. The zero-order chi connectivity index (χ0) is 12.4. The van der Waals surface area contributed by atoms with Gasteiger partial charge >= 0.3 is 6.09 Å². The number of amides is 1. The molecule has 1 fully saturated rings. The monoisotopic (exact) mass is 235 g/mol. The van der Waals surface area contributed by atoms with E-state index >= 15 is 0 Å². The molecule has 1 amide bonds. The van der Waals surface area contributed by atoms with Crippen molar-refractivity contribution < 1.29 is 19.4 Å². The molecule has 1 aliphatic heterocycles. The van der Waals surface area contributed by atoms with E-state index in [0.717, 1.165) is 0 Å². The van der Waals surface area contributed by atoms with Crippen LogP contribution in [-0.2, 0) is 0 Å². The fourth-order valence-corrected chi connectivity index (χ4v) is 1.79. The highest BCUT2D eigenvalue weighted by Gasteiger charge is 2.35. The number of hydrogen-bond donors (Lipinski definition) is 1. The average Bonchev–Trinajstić information content (AvgIpc) is 2.26. The minimum absolute atomic E-state index is 0.00912. The third kappa shape index (κ3) is 2.22. The zero-order valence-corrected chi connectivity index (χ0v) is 9.42. The van der Waals surface area contributed by atoms with Crippen LogP contribution in [-0.4, -0.2) is 42.1 Å². The number of carbonyl (C=O) groups excluding carboxylic acids is 1. The lowest BCUT2D eigenvalue weighted by molar-refractivity contribution is 0.0610. The Morgan fingerprint density at radius 1 is 1.29 bits per heavy atom. The minimum atomic E-state index is -0.969. The molecule has 1 heterocycles. The van der Waals surface area contributed by atoms with Crippen LogP contribution in [0.1, 0.15) is 10.4 Å². The molecule has 0 aliphatic carbocycles. The van der Waals surface area contributed by atoms with Crippen molar-refractivity contribution in [1.82, 2.24) is 4.90 Å². The molecule has 1 saturated heterocycles. The van der Waals surface area contributed by atoms with Crippen LogP contribution in [0.4, 0.5) is 4.79 Å². The number of ether oxygens (including phenoxy) is 1. The number of nitrogens with zero attached hydrogens (tertiary/aromatic N) is 1. The van der Waals surface area contributed by atoms with Crippen LogP contribution < -0.4 is 4.74 Å². The first-order valence-electron chi connectivity index (χ1n) is 5.28. The second kappa shape index (κ2) is 4.45. The van der Waals surface area contributed by atoms with Crippen molar-refractivity contribution in [1.29, 1.82) is 0 Å². The Morgan fingerprint density at radius 2 is 1.88 bits per heavy atom. The molecule has 0 aromatic heterocycles. The molecule has 2 rings (SSSR count). The molecule has 0 radical (unpaired) electrons. The number of methoxy groups -OCH3 is 1. The summed E-state index contributed by atoms with van der Waals surface area (Å²) in [6.45, 7) is 0.584. The second-order valence-electron chi connectivity index (χ2n) is 3.98. The lowest BCUT2D eigenvalue weighted by Crippen LogP contribution is -2.52. The largest absolute Gasteiger partial charge is 0.497 e. The van der Waals surface area contributed by atoms with Gasteiger partial charge in [0.05, 0.1) is 13.0 Å². The van der Waals surface area contributed by atoms with Gasteiger partial charge in [-0.1, -0.05) is 0 Å². The molecular weight excluding hydrogens is 222 g/mol. The third-order valence-corrected chi connectivity index (χ3v) is 2.90. The molecule has 17 heavy (non-hydrogen) atoms. The minimum Gasteiger partial charge on any atom is -0.497 e. The summed E-state index contributed by atoms with van der Waals surface area (Å²) in [5.74, 6) is 0.479. The summed E-state index contributed by atoms with van der Waals surface area (Å²) in [5, 5.41) is 8.67. The molecule has 1 aromatic carbocycles. The highest BCUT2D eigenvalue weighted by molar-refractivity contribution is 5.99. The smallest absolute Gasteiger partial charge is 0.407 e. The van der Waals surface area contributed by atoms with Gasteiger partial charge < -0.3 is 14.7 Å². The van der Waals surface area contributed by atoms with Gasteiger partial charge in [-0.2, -0.15) is 0 Å². The predicted molar refractivity (Wildman–Crippen MR) is 60.4 cm³/mol. The topological polar surface area (TPSA) is 66.8 Å². The van der Waals surface area contributed by atoms with E-state index < -0.39 is 6.09 Å². The van der Waals surface area contributed by atoms with Crippen LogP contribution in [0.5, 0.6) is 5.75 Å². The second-order valence-corrected chi connectivity index (χ2v) is 3.98. The van der Waals surface area contributed by atoms with E-state index in [2.05, 4.69) is 0 Å². The average molecular weight is 235 g/mol. The Balaban J connectivity index is 1.99. The van der Waals surface area contributed by atoms with Crippen LogP contribution in [0.15, 0.2) is 24.3 Å². The predicted octanol–water partition coefficient (Wildman–Crippen LogP) is 1.49. The molecule has 5 nitrogen and oxygen atoms in total. The highest BCUT2D eigenvalue weighted by Crippen LogP contribution is 2.21. The molecule has 1 N–H and O–H groups in total. The van der Waals surface area contributed by atoms with Crippen molar-refractivity contribution in [2.45, 2.75) is 0 Å². The van der Waals surface area contributed by atoms with Gasteiger partial charge in [-0.15, -0.1) is 0 Å². The van der Waals surface area contributed by atoms with Gasteiger partial charge in [0.2, 0.25) is 0 Å². The Kier molecular flexibility index (Phi) is 2.99. The van der Waals surface area contributed by atoms with Crippen LogP contribution >= 0.6 is 0 Å². The molecule has 90 valence electrons. The fraction of sp³-hybridized carbons (Fsp3) is 0.333. The van der Waals surface area contributed by atoms with Crippen LogP contribution in [0, 0.1) is 5.92 Å². The Labute approximate surface area is 98.6 Å². The third-order valence-electron chi connectivity index (χ3n) is 2.90. The summed E-state index contributed by atoms with van der Waals surface area (Å²) >= 11 is 0. The molecule has 1 aliphatic rings.